The molecule has 34 heavy (non-hydrogen) atoms. The highest BCUT2D eigenvalue weighted by molar-refractivity contribution is 5.88. The quantitative estimate of drug-likeness (QED) is 0.442. The summed E-state index contributed by atoms with van der Waals surface area (Å²) in [5.41, 5.74) is -1.70. The molecule has 1 aliphatic heterocycles. The van der Waals surface area contributed by atoms with E-state index in [1.807, 2.05) is 13.8 Å². The number of aromatic nitrogens is 2. The second-order valence-electron chi connectivity index (χ2n) is 9.65. The van der Waals surface area contributed by atoms with Gasteiger partial charge in [-0.05, 0) is 42.2 Å². The Hall–Kier alpha value is -3.17. The smallest absolute Gasteiger partial charge is 0.398 e. The van der Waals surface area contributed by atoms with E-state index < -0.39 is 29.0 Å². The molecular weight excluding hydrogens is 457 g/mol. The van der Waals surface area contributed by atoms with E-state index in [2.05, 4.69) is 15.0 Å². The molecule has 0 amide bonds. The third-order valence-corrected chi connectivity index (χ3v) is 6.28. The molecule has 0 radical (unpaired) electrons. The summed E-state index contributed by atoms with van der Waals surface area (Å²) in [5, 5.41) is 0.0628. The Kier molecular flexibility index (Phi) is 5.11. The van der Waals surface area contributed by atoms with Gasteiger partial charge >= 0.3 is 6.18 Å². The van der Waals surface area contributed by atoms with Crippen molar-refractivity contribution >= 4 is 16.9 Å². The van der Waals surface area contributed by atoms with Gasteiger partial charge in [-0.25, -0.2) is 13.8 Å². The van der Waals surface area contributed by atoms with E-state index in [-0.39, 0.29) is 47.0 Å². The molecule has 5 nitrogen and oxygen atoms in total. The Bertz CT molecular complexity index is 1270. The molecule has 2 aliphatic rings. The van der Waals surface area contributed by atoms with Crippen molar-refractivity contribution < 1.29 is 31.4 Å². The Morgan fingerprint density at radius 2 is 1.85 bits per heavy atom. The van der Waals surface area contributed by atoms with E-state index in [9.17, 15) is 22.0 Å². The summed E-state index contributed by atoms with van der Waals surface area (Å²) in [6, 6.07) is 3.52. The van der Waals surface area contributed by atoms with E-state index in [1.165, 1.54) is 18.5 Å². The van der Waals surface area contributed by atoms with Crippen molar-refractivity contribution in [3.8, 4) is 11.5 Å². The van der Waals surface area contributed by atoms with Crippen molar-refractivity contribution in [3.05, 3.63) is 53.4 Å². The van der Waals surface area contributed by atoms with Crippen molar-refractivity contribution in [2.24, 2.45) is 10.4 Å². The predicted molar refractivity (Wildman–Crippen MR) is 115 cm³/mol. The number of ether oxygens (including phenoxy) is 2. The highest BCUT2D eigenvalue weighted by Crippen LogP contribution is 2.61. The second-order valence-corrected chi connectivity index (χ2v) is 9.65. The van der Waals surface area contributed by atoms with Crippen LogP contribution < -0.4 is 4.74 Å². The topological polar surface area (TPSA) is 59.5 Å². The fraction of sp³-hybridized carbons (Fsp3) is 0.417. The van der Waals surface area contributed by atoms with Gasteiger partial charge in [0, 0.05) is 24.2 Å². The maximum absolute atomic E-state index is 14.9. The molecule has 1 aliphatic carbocycles. The monoisotopic (exact) mass is 479 g/mol. The van der Waals surface area contributed by atoms with Crippen LogP contribution in [-0.4, -0.2) is 35.2 Å². The lowest BCUT2D eigenvalue weighted by Crippen LogP contribution is -2.31. The lowest BCUT2D eigenvalue weighted by molar-refractivity contribution is -0.160. The standard InChI is InChI=1S/C24H22F5N3O2/c1-22(2)11-32-18(33-12-22)9-13-7-15(25)20(16(26)8-13)34-17-3-6-30-21-19(17)14(10-31-21)23(4-5-23)24(27,28)29/h3,6-8,10H,4-5,9,11-12H2,1-2H3,(H,30,31). The first kappa shape index (κ1) is 22.6. The molecule has 10 heteroatoms. The first-order valence-corrected chi connectivity index (χ1v) is 10.8. The van der Waals surface area contributed by atoms with Crippen LogP contribution in [0.25, 0.3) is 11.0 Å². The lowest BCUT2D eigenvalue weighted by atomic mass is 9.94. The number of H-pyrrole nitrogens is 1. The zero-order valence-corrected chi connectivity index (χ0v) is 18.5. The van der Waals surface area contributed by atoms with Gasteiger partial charge in [0.25, 0.3) is 0 Å². The molecule has 3 aromatic rings. The Morgan fingerprint density at radius 3 is 2.44 bits per heavy atom. The third-order valence-electron chi connectivity index (χ3n) is 6.28. The molecule has 1 aromatic carbocycles. The number of nitrogens with one attached hydrogen (secondary N) is 1. The first-order chi connectivity index (χ1) is 16.0. The molecule has 2 aromatic heterocycles. The zero-order chi connectivity index (χ0) is 24.3. The Labute approximate surface area is 192 Å². The summed E-state index contributed by atoms with van der Waals surface area (Å²) in [6.45, 7) is 5.01. The summed E-state index contributed by atoms with van der Waals surface area (Å²) in [7, 11) is 0. The minimum Gasteiger partial charge on any atom is -0.480 e. The van der Waals surface area contributed by atoms with E-state index in [0.717, 1.165) is 12.1 Å². The molecule has 5 rings (SSSR count). The normalized spacial score (nSPS) is 19.0. The van der Waals surface area contributed by atoms with Gasteiger partial charge in [-0.2, -0.15) is 13.2 Å². The number of pyridine rings is 1. The highest BCUT2D eigenvalue weighted by Gasteiger charge is 2.65. The average Bonchev–Trinajstić information content (AvgIpc) is 3.46. The second kappa shape index (κ2) is 7.68. The third kappa shape index (κ3) is 3.88. The molecule has 0 spiro atoms. The first-order valence-electron chi connectivity index (χ1n) is 10.8. The summed E-state index contributed by atoms with van der Waals surface area (Å²) in [5.74, 6) is -2.38. The minimum absolute atomic E-state index is 0.0362. The van der Waals surface area contributed by atoms with Crippen LogP contribution in [0.15, 0.2) is 35.6 Å². The van der Waals surface area contributed by atoms with Crippen molar-refractivity contribution in [2.45, 2.75) is 44.7 Å². The molecule has 0 saturated heterocycles. The van der Waals surface area contributed by atoms with Gasteiger partial charge in [-0.15, -0.1) is 0 Å². The van der Waals surface area contributed by atoms with E-state index in [1.54, 1.807) is 0 Å². The van der Waals surface area contributed by atoms with E-state index in [4.69, 9.17) is 9.47 Å². The van der Waals surface area contributed by atoms with Crippen molar-refractivity contribution in [1.29, 1.82) is 0 Å². The van der Waals surface area contributed by atoms with Crippen molar-refractivity contribution in [3.63, 3.8) is 0 Å². The maximum atomic E-state index is 14.9. The summed E-state index contributed by atoms with van der Waals surface area (Å²) >= 11 is 0. The number of rotatable bonds is 5. The fourth-order valence-corrected chi connectivity index (χ4v) is 4.20. The number of halogens is 5. The largest absolute Gasteiger partial charge is 0.480 e. The summed E-state index contributed by atoms with van der Waals surface area (Å²) in [6.07, 6.45) is -1.95. The highest BCUT2D eigenvalue weighted by atomic mass is 19.4. The number of alkyl halides is 3. The summed E-state index contributed by atoms with van der Waals surface area (Å²) in [4.78, 5) is 11.1. The molecule has 1 N–H and O–H groups in total. The molecule has 180 valence electrons. The lowest BCUT2D eigenvalue weighted by Gasteiger charge is -2.28. The molecule has 0 atom stereocenters. The Balaban J connectivity index is 1.46. The number of hydrogen-bond acceptors (Lipinski definition) is 4. The van der Waals surface area contributed by atoms with Gasteiger partial charge in [-0.3, -0.25) is 4.99 Å². The van der Waals surface area contributed by atoms with Gasteiger partial charge in [0.2, 0.25) is 0 Å². The van der Waals surface area contributed by atoms with Gasteiger partial charge in [-0.1, -0.05) is 13.8 Å². The molecule has 1 saturated carbocycles. The number of fused-ring (bicyclic) bond motifs is 1. The number of aliphatic imine (C=N–C) groups is 1. The number of hydrogen-bond donors (Lipinski definition) is 1. The number of aromatic amines is 1. The Morgan fingerprint density at radius 1 is 1.15 bits per heavy atom. The van der Waals surface area contributed by atoms with Crippen LogP contribution in [0.4, 0.5) is 22.0 Å². The van der Waals surface area contributed by atoms with Crippen LogP contribution in [-0.2, 0) is 16.6 Å². The summed E-state index contributed by atoms with van der Waals surface area (Å²) < 4.78 is 82.1. The molecular formula is C24H22F5N3O2. The van der Waals surface area contributed by atoms with Gasteiger partial charge < -0.3 is 14.5 Å². The van der Waals surface area contributed by atoms with Crippen LogP contribution in [0.3, 0.4) is 0 Å². The van der Waals surface area contributed by atoms with E-state index in [0.29, 0.717) is 24.6 Å². The van der Waals surface area contributed by atoms with E-state index >= 15 is 0 Å². The average molecular weight is 479 g/mol. The SMILES string of the molecule is CC1(C)CN=C(Cc2cc(F)c(Oc3ccnc4[nH]cc(C5(C(F)(F)F)CC5)c34)c(F)c2)OC1. The van der Waals surface area contributed by atoms with Gasteiger partial charge in [0.1, 0.15) is 11.4 Å². The minimum atomic E-state index is -4.47. The molecule has 3 heterocycles. The zero-order valence-electron chi connectivity index (χ0n) is 18.5. The van der Waals surface area contributed by atoms with Crippen molar-refractivity contribution in [1.82, 2.24) is 9.97 Å². The van der Waals surface area contributed by atoms with Crippen LogP contribution in [0.2, 0.25) is 0 Å². The fourth-order valence-electron chi connectivity index (χ4n) is 4.20. The molecule has 0 bridgehead atoms. The number of benzene rings is 1. The van der Waals surface area contributed by atoms with Gasteiger partial charge in [0.05, 0.1) is 24.0 Å². The molecule has 0 unspecified atom stereocenters. The predicted octanol–water partition coefficient (Wildman–Crippen LogP) is 6.22. The molecule has 1 fully saturated rings. The van der Waals surface area contributed by atoms with Crippen LogP contribution >= 0.6 is 0 Å². The van der Waals surface area contributed by atoms with Gasteiger partial charge in [0.15, 0.2) is 23.3 Å². The number of nitrogens with zero attached hydrogens (tertiary/aromatic N) is 2. The maximum Gasteiger partial charge on any atom is 0.398 e. The van der Waals surface area contributed by atoms with Crippen LogP contribution in [0.5, 0.6) is 11.5 Å². The van der Waals surface area contributed by atoms with Crippen LogP contribution in [0.1, 0.15) is 37.8 Å². The van der Waals surface area contributed by atoms with Crippen molar-refractivity contribution in [2.75, 3.05) is 13.2 Å². The van der Waals surface area contributed by atoms with Crippen LogP contribution in [0, 0.1) is 17.0 Å².